The van der Waals surface area contributed by atoms with Crippen molar-refractivity contribution in [1.29, 1.82) is 0 Å². The molecule has 0 aliphatic carbocycles. The van der Waals surface area contributed by atoms with Crippen LogP contribution >= 0.6 is 23.2 Å². The van der Waals surface area contributed by atoms with Crippen LogP contribution in [0.3, 0.4) is 0 Å². The molecule has 0 aliphatic rings. The number of aryl methyl sites for hydroxylation is 3. The first-order valence-corrected chi connectivity index (χ1v) is 13.3. The van der Waals surface area contributed by atoms with Crippen LogP contribution in [0.25, 0.3) is 22.1 Å². The smallest absolute Gasteiger partial charge is 0.332 e. The molecular formula is C27H29Cl2N7O4. The summed E-state index contributed by atoms with van der Waals surface area (Å²) in [5.41, 5.74) is 1.45. The summed E-state index contributed by atoms with van der Waals surface area (Å²) in [5.74, 6) is 0.341. The number of rotatable bonds is 7. The lowest BCUT2D eigenvalue weighted by Gasteiger charge is -2.09. The van der Waals surface area contributed by atoms with E-state index in [9.17, 15) is 14.4 Å². The van der Waals surface area contributed by atoms with Crippen LogP contribution in [0.5, 0.6) is 0 Å². The molecule has 210 valence electrons. The van der Waals surface area contributed by atoms with E-state index in [0.717, 1.165) is 15.5 Å². The summed E-state index contributed by atoms with van der Waals surface area (Å²) in [5, 5.41) is 4.87. The van der Waals surface area contributed by atoms with Gasteiger partial charge in [0, 0.05) is 42.1 Å². The van der Waals surface area contributed by atoms with Crippen LogP contribution in [-0.2, 0) is 36.6 Å². The minimum Gasteiger partial charge on any atom is -0.469 e. The molecule has 0 amide bonds. The fraction of sp³-hybridized carbons (Fsp3) is 0.296. The average Bonchev–Trinajstić information content (AvgIpc) is 3.52. The number of aromatic amines is 1. The monoisotopic (exact) mass is 585 g/mol. The SMILES string of the molecule is CC.COC(=O)CCc1nc(Nc2nc3c(c(=O)n(Cc4cc5c(Cl)cccc5[nH]4)c(=O)n3C)n2C)ccc1Cl. The van der Waals surface area contributed by atoms with Gasteiger partial charge in [-0.3, -0.25) is 18.7 Å². The number of esters is 1. The van der Waals surface area contributed by atoms with E-state index in [2.05, 4.69) is 25.0 Å². The number of H-pyrrole nitrogens is 1. The minimum atomic E-state index is -0.508. The van der Waals surface area contributed by atoms with Gasteiger partial charge in [0.2, 0.25) is 5.95 Å². The highest BCUT2D eigenvalue weighted by Crippen LogP contribution is 2.25. The summed E-state index contributed by atoms with van der Waals surface area (Å²) in [4.78, 5) is 50.4. The number of benzene rings is 1. The number of hydrogen-bond donors (Lipinski definition) is 2. The number of ether oxygens (including phenoxy) is 1. The zero-order valence-electron chi connectivity index (χ0n) is 22.7. The third-order valence-electron chi connectivity index (χ3n) is 6.31. The van der Waals surface area contributed by atoms with E-state index in [0.29, 0.717) is 39.6 Å². The van der Waals surface area contributed by atoms with Gasteiger partial charge in [0.1, 0.15) is 5.82 Å². The summed E-state index contributed by atoms with van der Waals surface area (Å²) < 4.78 is 8.73. The summed E-state index contributed by atoms with van der Waals surface area (Å²) in [7, 11) is 4.55. The Hall–Kier alpha value is -4.09. The molecule has 0 spiro atoms. The van der Waals surface area contributed by atoms with E-state index in [4.69, 9.17) is 23.2 Å². The molecule has 1 aromatic carbocycles. The summed E-state index contributed by atoms with van der Waals surface area (Å²) in [6.07, 6.45) is 0.422. The number of imidazole rings is 1. The molecule has 0 aliphatic heterocycles. The zero-order valence-corrected chi connectivity index (χ0v) is 24.2. The van der Waals surface area contributed by atoms with Gasteiger partial charge in [-0.1, -0.05) is 43.1 Å². The molecule has 0 radical (unpaired) electrons. The number of hydrogen-bond acceptors (Lipinski definition) is 7. The Labute approximate surface area is 239 Å². The van der Waals surface area contributed by atoms with E-state index in [1.807, 2.05) is 32.0 Å². The molecule has 0 fully saturated rings. The van der Waals surface area contributed by atoms with E-state index in [1.54, 1.807) is 36.9 Å². The van der Waals surface area contributed by atoms with Crippen LogP contribution in [-0.4, -0.2) is 41.7 Å². The first kappa shape index (κ1) is 28.9. The number of nitrogens with zero attached hydrogens (tertiary/aromatic N) is 5. The molecule has 0 bridgehead atoms. The van der Waals surface area contributed by atoms with Crippen LogP contribution in [0, 0.1) is 0 Å². The number of pyridine rings is 1. The van der Waals surface area contributed by atoms with E-state index < -0.39 is 11.2 Å². The number of halogens is 2. The van der Waals surface area contributed by atoms with E-state index in [1.165, 1.54) is 11.7 Å². The second-order valence-corrected chi connectivity index (χ2v) is 9.54. The summed E-state index contributed by atoms with van der Waals surface area (Å²) >= 11 is 12.5. The van der Waals surface area contributed by atoms with Crippen molar-refractivity contribution < 1.29 is 9.53 Å². The summed E-state index contributed by atoms with van der Waals surface area (Å²) in [6, 6.07) is 10.6. The van der Waals surface area contributed by atoms with Crippen LogP contribution < -0.4 is 16.6 Å². The first-order chi connectivity index (χ1) is 19.2. The van der Waals surface area contributed by atoms with Gasteiger partial charge in [0.25, 0.3) is 5.56 Å². The molecule has 0 saturated carbocycles. The Balaban J connectivity index is 0.00000181. The van der Waals surface area contributed by atoms with Crippen molar-refractivity contribution in [2.75, 3.05) is 12.4 Å². The maximum atomic E-state index is 13.5. The lowest BCUT2D eigenvalue weighted by molar-refractivity contribution is -0.140. The molecule has 11 nitrogen and oxygen atoms in total. The van der Waals surface area contributed by atoms with Crippen molar-refractivity contribution >= 4 is 63.0 Å². The standard InChI is InChI=1S/C25H23Cl2N7O4.C2H6/c1-32-21-22(31-24(32)30-19-9-7-16(27)18(29-19)8-10-20(35)38-3)33(2)25(37)34(23(21)36)12-13-11-14-15(26)5-4-6-17(14)28-13;1-2/h4-7,9,11,28H,8,10,12H2,1-3H3,(H,29,30,31);1-2H3. The quantitative estimate of drug-likeness (QED) is 0.268. The van der Waals surface area contributed by atoms with Crippen molar-refractivity contribution in [3.05, 3.63) is 78.7 Å². The van der Waals surface area contributed by atoms with Gasteiger partial charge in [-0.25, -0.2) is 9.78 Å². The third-order valence-corrected chi connectivity index (χ3v) is 6.98. The lowest BCUT2D eigenvalue weighted by Crippen LogP contribution is -2.39. The van der Waals surface area contributed by atoms with E-state index in [-0.39, 0.29) is 30.1 Å². The third kappa shape index (κ3) is 5.47. The van der Waals surface area contributed by atoms with Crippen LogP contribution in [0.4, 0.5) is 11.8 Å². The Bertz CT molecular complexity index is 1840. The Morgan fingerprint density at radius 2 is 1.80 bits per heavy atom. The highest BCUT2D eigenvalue weighted by Gasteiger charge is 2.20. The van der Waals surface area contributed by atoms with Crippen molar-refractivity contribution in [3.8, 4) is 0 Å². The minimum absolute atomic E-state index is 0.0304. The fourth-order valence-corrected chi connectivity index (χ4v) is 4.72. The number of methoxy groups -OCH3 is 1. The fourth-order valence-electron chi connectivity index (χ4n) is 4.29. The molecule has 4 aromatic heterocycles. The maximum absolute atomic E-state index is 13.5. The molecule has 2 N–H and O–H groups in total. The second kappa shape index (κ2) is 12.0. The maximum Gasteiger partial charge on any atom is 0.332 e. The van der Waals surface area contributed by atoms with Gasteiger partial charge in [-0.15, -0.1) is 0 Å². The van der Waals surface area contributed by atoms with Gasteiger partial charge in [-0.2, -0.15) is 4.98 Å². The number of anilines is 2. The Kier molecular flexibility index (Phi) is 8.65. The highest BCUT2D eigenvalue weighted by molar-refractivity contribution is 6.35. The van der Waals surface area contributed by atoms with Gasteiger partial charge in [-0.05, 0) is 30.3 Å². The Morgan fingerprint density at radius 1 is 1.05 bits per heavy atom. The predicted molar refractivity (Wildman–Crippen MR) is 157 cm³/mol. The largest absolute Gasteiger partial charge is 0.469 e. The molecule has 4 heterocycles. The highest BCUT2D eigenvalue weighted by atomic mass is 35.5. The number of carbonyl (C=O) groups is 1. The van der Waals surface area contributed by atoms with Crippen molar-refractivity contribution in [3.63, 3.8) is 0 Å². The number of carbonyl (C=O) groups excluding carboxylic acids is 1. The lowest BCUT2D eigenvalue weighted by atomic mass is 10.2. The normalized spacial score (nSPS) is 11.0. The molecule has 5 rings (SSSR count). The summed E-state index contributed by atoms with van der Waals surface area (Å²) in [6.45, 7) is 4.03. The molecule has 40 heavy (non-hydrogen) atoms. The molecular weight excluding hydrogens is 557 g/mol. The average molecular weight is 586 g/mol. The van der Waals surface area contributed by atoms with Gasteiger partial charge in [0.05, 0.1) is 30.8 Å². The van der Waals surface area contributed by atoms with Gasteiger partial charge < -0.3 is 19.6 Å². The first-order valence-electron chi connectivity index (χ1n) is 12.6. The van der Waals surface area contributed by atoms with Crippen molar-refractivity contribution in [1.82, 2.24) is 28.7 Å². The van der Waals surface area contributed by atoms with Gasteiger partial charge >= 0.3 is 11.7 Å². The molecule has 0 atom stereocenters. The molecule has 5 aromatic rings. The van der Waals surface area contributed by atoms with Crippen LogP contribution in [0.1, 0.15) is 31.7 Å². The molecule has 13 heteroatoms. The van der Waals surface area contributed by atoms with Crippen molar-refractivity contribution in [2.24, 2.45) is 14.1 Å². The second-order valence-electron chi connectivity index (χ2n) is 8.72. The van der Waals surface area contributed by atoms with Crippen LogP contribution in [0.2, 0.25) is 10.0 Å². The molecule has 0 unspecified atom stereocenters. The van der Waals surface area contributed by atoms with Crippen LogP contribution in [0.15, 0.2) is 46.0 Å². The number of fused-ring (bicyclic) bond motifs is 2. The van der Waals surface area contributed by atoms with Gasteiger partial charge in [0.15, 0.2) is 11.2 Å². The number of aromatic nitrogens is 6. The van der Waals surface area contributed by atoms with E-state index >= 15 is 0 Å². The Morgan fingerprint density at radius 3 is 2.50 bits per heavy atom. The van der Waals surface area contributed by atoms with Crippen molar-refractivity contribution in [2.45, 2.75) is 33.2 Å². The predicted octanol–water partition coefficient (Wildman–Crippen LogP) is 4.54. The molecule has 0 saturated heterocycles. The zero-order chi connectivity index (χ0) is 29.1. The topological polar surface area (TPSA) is 129 Å². The number of nitrogens with one attached hydrogen (secondary N) is 2.